The van der Waals surface area contributed by atoms with Gasteiger partial charge in [-0.15, -0.1) is 0 Å². The molecule has 0 amide bonds. The second-order valence-corrected chi connectivity index (χ2v) is 12.7. The smallest absolute Gasteiger partial charge is 0.339 e. The van der Waals surface area contributed by atoms with Crippen molar-refractivity contribution in [3.8, 4) is 11.5 Å². The van der Waals surface area contributed by atoms with Crippen LogP contribution in [0.4, 0.5) is 0 Å². The Kier molecular flexibility index (Phi) is 12.2. The first kappa shape index (κ1) is 32.9. The van der Waals surface area contributed by atoms with Gasteiger partial charge in [-0.25, -0.2) is 4.79 Å². The van der Waals surface area contributed by atoms with Crippen molar-refractivity contribution >= 4 is 5.97 Å². The predicted octanol–water partition coefficient (Wildman–Crippen LogP) is 7.16. The molecule has 0 aliphatic rings. The molecule has 218 valence electrons. The molecule has 0 fully saturated rings. The Balaban J connectivity index is 0.000000469. The van der Waals surface area contributed by atoms with E-state index < -0.39 is 5.97 Å². The lowest BCUT2D eigenvalue weighted by Crippen LogP contribution is -2.41. The second kappa shape index (κ2) is 14.9. The van der Waals surface area contributed by atoms with Gasteiger partial charge in [-0.2, -0.15) is 0 Å². The fourth-order valence-electron chi connectivity index (χ4n) is 4.87. The van der Waals surface area contributed by atoms with Crippen LogP contribution in [-0.2, 0) is 16.7 Å². The highest BCUT2D eigenvalue weighted by Gasteiger charge is 2.27. The maximum Gasteiger partial charge on any atom is 0.339 e. The molecule has 3 aromatic carbocycles. The van der Waals surface area contributed by atoms with Crippen molar-refractivity contribution in [2.24, 2.45) is 5.41 Å². The van der Waals surface area contributed by atoms with Gasteiger partial charge in [0.1, 0.15) is 36.8 Å². The van der Waals surface area contributed by atoms with E-state index in [1.54, 1.807) is 12.1 Å². The molecule has 40 heavy (non-hydrogen) atoms. The fourth-order valence-corrected chi connectivity index (χ4v) is 4.87. The zero-order valence-electron chi connectivity index (χ0n) is 25.3. The number of aromatic carboxylic acids is 1. The van der Waals surface area contributed by atoms with E-state index in [0.717, 1.165) is 36.3 Å². The number of rotatable bonds is 12. The predicted molar refractivity (Wildman–Crippen MR) is 162 cm³/mol. The van der Waals surface area contributed by atoms with Gasteiger partial charge in [0.25, 0.3) is 0 Å². The van der Waals surface area contributed by atoms with Crippen LogP contribution in [-0.4, -0.2) is 61.1 Å². The van der Waals surface area contributed by atoms with Gasteiger partial charge in [-0.1, -0.05) is 89.2 Å². The Morgan fingerprint density at radius 3 is 1.95 bits per heavy atom. The van der Waals surface area contributed by atoms with Crippen molar-refractivity contribution in [3.63, 3.8) is 0 Å². The third kappa shape index (κ3) is 12.2. The zero-order valence-corrected chi connectivity index (χ0v) is 25.3. The van der Waals surface area contributed by atoms with E-state index in [9.17, 15) is 4.79 Å². The van der Waals surface area contributed by atoms with Crippen LogP contribution in [0.2, 0.25) is 0 Å². The van der Waals surface area contributed by atoms with E-state index in [1.165, 1.54) is 23.3 Å². The van der Waals surface area contributed by atoms with Gasteiger partial charge < -0.3 is 24.2 Å². The number of likely N-dealkylation sites (N-methyl/N-ethyl adjacent to an activating group) is 1. The van der Waals surface area contributed by atoms with Gasteiger partial charge in [0.2, 0.25) is 0 Å². The molecular formula is C34H48NO5+. The van der Waals surface area contributed by atoms with Crippen LogP contribution in [0.1, 0.15) is 62.5 Å². The summed E-state index contributed by atoms with van der Waals surface area (Å²) in [6.45, 7) is 15.5. The van der Waals surface area contributed by atoms with E-state index in [0.29, 0.717) is 18.6 Å². The number of aromatic hydroxyl groups is 1. The van der Waals surface area contributed by atoms with E-state index in [-0.39, 0.29) is 16.7 Å². The Morgan fingerprint density at radius 1 is 0.800 bits per heavy atom. The number of hydrogen-bond acceptors (Lipinski definition) is 4. The molecule has 2 N–H and O–H groups in total. The molecular weight excluding hydrogens is 502 g/mol. The van der Waals surface area contributed by atoms with Gasteiger partial charge in [-0.3, -0.25) is 0 Å². The number of ether oxygens (including phenoxy) is 2. The summed E-state index contributed by atoms with van der Waals surface area (Å²) >= 11 is 0. The normalized spacial score (nSPS) is 11.9. The van der Waals surface area contributed by atoms with Gasteiger partial charge in [0, 0.05) is 5.56 Å². The standard InChI is InChI=1S/C27H42NO2.C7H6O3/c1-26(2,3)22-27(4,5)24-13-15-25(16-14-24)30-20-19-29-18-17-28(6,7)21-23-11-9-8-10-12-23;8-6-4-2-1-3-5(6)7(9)10/h8-16H,17-22H2,1-7H3;1-4,8H,(H,9,10)/q+1;. The van der Waals surface area contributed by atoms with Crippen molar-refractivity contribution in [1.29, 1.82) is 0 Å². The number of hydrogen-bond donors (Lipinski definition) is 2. The van der Waals surface area contributed by atoms with Gasteiger partial charge in [-0.05, 0) is 47.1 Å². The molecule has 6 heteroatoms. The summed E-state index contributed by atoms with van der Waals surface area (Å²) in [6.07, 6.45) is 1.15. The first-order chi connectivity index (χ1) is 18.7. The van der Waals surface area contributed by atoms with Crippen LogP contribution >= 0.6 is 0 Å². The quantitative estimate of drug-likeness (QED) is 0.185. The molecule has 0 unspecified atom stereocenters. The van der Waals surface area contributed by atoms with E-state index in [2.05, 4.69) is 103 Å². The third-order valence-corrected chi connectivity index (χ3v) is 6.53. The molecule has 0 aromatic heterocycles. The highest BCUT2D eigenvalue weighted by atomic mass is 16.5. The minimum Gasteiger partial charge on any atom is -0.507 e. The van der Waals surface area contributed by atoms with E-state index in [4.69, 9.17) is 19.7 Å². The number of quaternary nitrogens is 1. The number of carbonyl (C=O) groups is 1. The third-order valence-electron chi connectivity index (χ3n) is 6.53. The lowest BCUT2D eigenvalue weighted by atomic mass is 9.72. The summed E-state index contributed by atoms with van der Waals surface area (Å²) in [6, 6.07) is 25.0. The summed E-state index contributed by atoms with van der Waals surface area (Å²) in [4.78, 5) is 10.3. The molecule has 3 rings (SSSR count). The first-order valence-corrected chi connectivity index (χ1v) is 13.9. The number of nitrogens with zero attached hydrogens (tertiary/aromatic N) is 1. The number of phenols is 1. The summed E-state index contributed by atoms with van der Waals surface area (Å²) in [5.41, 5.74) is 3.12. The summed E-state index contributed by atoms with van der Waals surface area (Å²) in [7, 11) is 4.49. The maximum atomic E-state index is 10.3. The second-order valence-electron chi connectivity index (χ2n) is 12.7. The van der Waals surface area contributed by atoms with Crippen molar-refractivity contribution in [1.82, 2.24) is 0 Å². The van der Waals surface area contributed by atoms with Gasteiger partial charge >= 0.3 is 5.97 Å². The van der Waals surface area contributed by atoms with Crippen LogP contribution in [0, 0.1) is 5.41 Å². The van der Waals surface area contributed by atoms with Crippen LogP contribution in [0.25, 0.3) is 0 Å². The Morgan fingerprint density at radius 2 is 1.40 bits per heavy atom. The Bertz CT molecular complexity index is 1160. The average Bonchev–Trinajstić information content (AvgIpc) is 2.86. The topological polar surface area (TPSA) is 76.0 Å². The lowest BCUT2D eigenvalue weighted by molar-refractivity contribution is -0.904. The molecule has 0 aliphatic carbocycles. The van der Waals surface area contributed by atoms with E-state index >= 15 is 0 Å². The highest BCUT2D eigenvalue weighted by molar-refractivity contribution is 5.90. The van der Waals surface area contributed by atoms with Gasteiger partial charge in [0.15, 0.2) is 0 Å². The fraction of sp³-hybridized carbons (Fsp3) is 0.441. The molecule has 0 radical (unpaired) electrons. The molecule has 0 atom stereocenters. The summed E-state index contributed by atoms with van der Waals surface area (Å²) in [5, 5.41) is 17.3. The monoisotopic (exact) mass is 550 g/mol. The minimum atomic E-state index is -1.11. The molecule has 0 aliphatic heterocycles. The van der Waals surface area contributed by atoms with Crippen LogP contribution in [0.5, 0.6) is 11.5 Å². The average molecular weight is 551 g/mol. The Hall–Kier alpha value is -3.35. The number of benzene rings is 3. The lowest BCUT2D eigenvalue weighted by Gasteiger charge is -2.33. The van der Waals surface area contributed by atoms with Crippen molar-refractivity contribution in [2.75, 3.05) is 40.5 Å². The molecule has 0 bridgehead atoms. The largest absolute Gasteiger partial charge is 0.507 e. The van der Waals surface area contributed by atoms with Crippen molar-refractivity contribution in [2.45, 2.75) is 53.0 Å². The molecule has 3 aromatic rings. The van der Waals surface area contributed by atoms with Crippen molar-refractivity contribution < 1.29 is 29.0 Å². The maximum absolute atomic E-state index is 10.3. The van der Waals surface area contributed by atoms with Crippen molar-refractivity contribution in [3.05, 3.63) is 95.6 Å². The number of para-hydroxylation sites is 1. The van der Waals surface area contributed by atoms with E-state index in [1.807, 2.05) is 0 Å². The number of carboxylic acid groups (broad SMARTS) is 1. The van der Waals surface area contributed by atoms with Crippen LogP contribution < -0.4 is 4.74 Å². The molecule has 0 heterocycles. The zero-order chi connectivity index (χ0) is 29.8. The van der Waals surface area contributed by atoms with Gasteiger partial charge in [0.05, 0.1) is 27.3 Å². The SMILES string of the molecule is CC(C)(C)CC(C)(C)c1ccc(OCCOCC[N+](C)(C)Cc2ccccc2)cc1.O=C(O)c1ccccc1O. The summed E-state index contributed by atoms with van der Waals surface area (Å²) in [5.74, 6) is -0.401. The number of carboxylic acids is 1. The van der Waals surface area contributed by atoms with Crippen LogP contribution in [0.3, 0.4) is 0 Å². The molecule has 0 saturated carbocycles. The minimum absolute atomic E-state index is 0.0671. The first-order valence-electron chi connectivity index (χ1n) is 13.9. The molecule has 6 nitrogen and oxygen atoms in total. The molecule has 0 saturated heterocycles. The van der Waals surface area contributed by atoms with Crippen LogP contribution in [0.15, 0.2) is 78.9 Å². The Labute approximate surface area is 240 Å². The molecule has 0 spiro atoms. The highest BCUT2D eigenvalue weighted by Crippen LogP contribution is 2.36. The summed E-state index contributed by atoms with van der Waals surface area (Å²) < 4.78 is 12.6.